The number of hydrogen-bond acceptors (Lipinski definition) is 4. The van der Waals surface area contributed by atoms with E-state index in [1.54, 1.807) is 47.0 Å². The Morgan fingerprint density at radius 1 is 0.933 bits per heavy atom. The molecule has 0 fully saturated rings. The van der Waals surface area contributed by atoms with E-state index in [4.69, 9.17) is 16.7 Å². The van der Waals surface area contributed by atoms with Gasteiger partial charge in [-0.05, 0) is 42.0 Å². The zero-order valence-electron chi connectivity index (χ0n) is 16.1. The third-order valence-corrected chi connectivity index (χ3v) is 5.07. The van der Waals surface area contributed by atoms with Gasteiger partial charge in [0.1, 0.15) is 0 Å². The molecule has 4 aromatic rings. The molecule has 0 saturated heterocycles. The van der Waals surface area contributed by atoms with Gasteiger partial charge in [-0.15, -0.1) is 0 Å². The van der Waals surface area contributed by atoms with Gasteiger partial charge in [-0.3, -0.25) is 9.36 Å². The minimum atomic E-state index is -0.446. The summed E-state index contributed by atoms with van der Waals surface area (Å²) in [6, 6.07) is 21.5. The number of fused-ring (bicyclic) bond motifs is 1. The molecule has 3 aromatic carbocycles. The molecule has 0 saturated carbocycles. The average Bonchev–Trinajstić information content (AvgIpc) is 2.76. The van der Waals surface area contributed by atoms with E-state index in [1.165, 1.54) is 0 Å². The summed E-state index contributed by atoms with van der Waals surface area (Å²) in [6.07, 6.45) is 0. The Bertz CT molecular complexity index is 1310. The van der Waals surface area contributed by atoms with Crippen molar-refractivity contribution in [1.29, 1.82) is 0 Å². The van der Waals surface area contributed by atoms with Gasteiger partial charge in [0.25, 0.3) is 5.56 Å². The highest BCUT2D eigenvalue weighted by Crippen LogP contribution is 2.18. The lowest BCUT2D eigenvalue weighted by Gasteiger charge is -2.16. The summed E-state index contributed by atoms with van der Waals surface area (Å²) in [4.78, 5) is 26.7. The number of anilines is 1. The van der Waals surface area contributed by atoms with Gasteiger partial charge in [0.05, 0.1) is 29.7 Å². The lowest BCUT2D eigenvalue weighted by Crippen LogP contribution is -2.39. The second kappa shape index (κ2) is 8.57. The summed E-state index contributed by atoms with van der Waals surface area (Å²) < 4.78 is 2.73. The molecule has 6 nitrogen and oxygen atoms in total. The predicted molar refractivity (Wildman–Crippen MR) is 120 cm³/mol. The first kappa shape index (κ1) is 19.9. The van der Waals surface area contributed by atoms with E-state index in [0.717, 1.165) is 15.8 Å². The van der Waals surface area contributed by atoms with Gasteiger partial charge in [0.15, 0.2) is 0 Å². The lowest BCUT2D eigenvalue weighted by molar-refractivity contribution is 0.311. The van der Waals surface area contributed by atoms with Gasteiger partial charge in [-0.1, -0.05) is 48.0 Å². The Kier molecular flexibility index (Phi) is 5.70. The van der Waals surface area contributed by atoms with Crippen LogP contribution in [0.4, 0.5) is 5.69 Å². The molecular weight excluding hydrogens is 402 g/mol. The molecule has 152 valence electrons. The molecule has 0 aliphatic heterocycles. The Hall–Kier alpha value is -3.35. The smallest absolute Gasteiger partial charge is 0.336 e. The molecule has 0 bridgehead atoms. The number of nitrogens with one attached hydrogen (secondary N) is 1. The van der Waals surface area contributed by atoms with E-state index in [9.17, 15) is 9.59 Å². The second-order valence-electron chi connectivity index (χ2n) is 6.86. The minimum Gasteiger partial charge on any atom is -0.395 e. The maximum atomic E-state index is 13.5. The number of halogens is 1. The molecule has 1 aromatic heterocycles. The lowest BCUT2D eigenvalue weighted by atomic mass is 10.1. The van der Waals surface area contributed by atoms with Crippen LogP contribution in [0.3, 0.4) is 0 Å². The molecule has 0 aliphatic carbocycles. The van der Waals surface area contributed by atoms with Gasteiger partial charge >= 0.3 is 5.69 Å². The second-order valence-corrected chi connectivity index (χ2v) is 7.29. The van der Waals surface area contributed by atoms with Crippen LogP contribution in [0.1, 0.15) is 5.56 Å². The number of aliphatic hydroxyl groups is 1. The monoisotopic (exact) mass is 421 g/mol. The molecule has 2 N–H and O–H groups in total. The third-order valence-electron chi connectivity index (χ3n) is 4.84. The van der Waals surface area contributed by atoms with Crippen molar-refractivity contribution >= 4 is 28.2 Å². The number of aliphatic hydroxyl groups excluding tert-OH is 1. The van der Waals surface area contributed by atoms with Crippen molar-refractivity contribution in [3.8, 4) is 5.69 Å². The molecule has 4 rings (SSSR count). The third kappa shape index (κ3) is 3.87. The highest BCUT2D eigenvalue weighted by molar-refractivity contribution is 6.30. The Morgan fingerprint density at radius 2 is 1.73 bits per heavy atom. The Morgan fingerprint density at radius 3 is 2.47 bits per heavy atom. The maximum absolute atomic E-state index is 13.5. The first-order valence-electron chi connectivity index (χ1n) is 9.52. The summed E-state index contributed by atoms with van der Waals surface area (Å²) in [7, 11) is 0. The molecule has 0 spiro atoms. The fraction of sp³-hybridized carbons (Fsp3) is 0.130. The van der Waals surface area contributed by atoms with Crippen molar-refractivity contribution in [2.24, 2.45) is 0 Å². The van der Waals surface area contributed by atoms with E-state index in [1.807, 2.05) is 30.3 Å². The Balaban J connectivity index is 2.00. The minimum absolute atomic E-state index is 0.0226. The first-order valence-corrected chi connectivity index (χ1v) is 9.90. The molecule has 0 radical (unpaired) electrons. The first-order chi connectivity index (χ1) is 14.6. The summed E-state index contributed by atoms with van der Waals surface area (Å²) in [5.74, 6) is 0. The largest absolute Gasteiger partial charge is 0.395 e. The molecular formula is C23H20ClN3O3. The SMILES string of the molecule is O=c1c2ccc(NCCO)cc2n(Cc2ccccc2)c(=O)n1-c1cccc(Cl)c1. The number of benzene rings is 3. The molecule has 0 aliphatic rings. The number of hydrogen-bond donors (Lipinski definition) is 2. The summed E-state index contributed by atoms with van der Waals surface area (Å²) >= 11 is 6.10. The highest BCUT2D eigenvalue weighted by Gasteiger charge is 2.16. The van der Waals surface area contributed by atoms with E-state index in [-0.39, 0.29) is 6.61 Å². The summed E-state index contributed by atoms with van der Waals surface area (Å²) in [5.41, 5.74) is 1.75. The Labute approximate surface area is 177 Å². The molecule has 0 amide bonds. The van der Waals surface area contributed by atoms with Gasteiger partial charge in [-0.2, -0.15) is 0 Å². The van der Waals surface area contributed by atoms with Crippen LogP contribution in [0.2, 0.25) is 5.02 Å². The van der Waals surface area contributed by atoms with Gasteiger partial charge < -0.3 is 10.4 Å². The van der Waals surface area contributed by atoms with Crippen molar-refractivity contribution in [2.45, 2.75) is 6.54 Å². The van der Waals surface area contributed by atoms with E-state index in [2.05, 4.69) is 5.32 Å². The van der Waals surface area contributed by atoms with Crippen molar-refractivity contribution in [3.05, 3.63) is 104 Å². The number of rotatable bonds is 6. The van der Waals surface area contributed by atoms with Crippen LogP contribution in [-0.4, -0.2) is 27.4 Å². The van der Waals surface area contributed by atoms with Gasteiger partial charge in [0, 0.05) is 17.3 Å². The standard InChI is InChI=1S/C23H20ClN3O3/c24-17-7-4-8-19(13-17)27-22(29)20-10-9-18(25-11-12-28)14-21(20)26(23(27)30)15-16-5-2-1-3-6-16/h1-10,13-14,25,28H,11-12,15H2. The number of aromatic nitrogens is 2. The molecule has 1 heterocycles. The quantitative estimate of drug-likeness (QED) is 0.501. The van der Waals surface area contributed by atoms with Crippen LogP contribution < -0.4 is 16.6 Å². The predicted octanol–water partition coefficient (Wildman–Crippen LogP) is 3.26. The zero-order chi connectivity index (χ0) is 21.1. The van der Waals surface area contributed by atoms with Crippen LogP contribution in [0, 0.1) is 0 Å². The van der Waals surface area contributed by atoms with Gasteiger partial charge in [0.2, 0.25) is 0 Å². The van der Waals surface area contributed by atoms with E-state index in [0.29, 0.717) is 34.7 Å². The van der Waals surface area contributed by atoms with Crippen LogP contribution >= 0.6 is 11.6 Å². The molecule has 0 atom stereocenters. The van der Waals surface area contributed by atoms with E-state index >= 15 is 0 Å². The molecule has 30 heavy (non-hydrogen) atoms. The fourth-order valence-electron chi connectivity index (χ4n) is 3.44. The van der Waals surface area contributed by atoms with E-state index < -0.39 is 11.2 Å². The summed E-state index contributed by atoms with van der Waals surface area (Å²) in [5, 5.41) is 13.0. The van der Waals surface area contributed by atoms with Gasteiger partial charge in [-0.25, -0.2) is 9.36 Å². The zero-order valence-corrected chi connectivity index (χ0v) is 16.8. The topological polar surface area (TPSA) is 76.3 Å². The maximum Gasteiger partial charge on any atom is 0.336 e. The number of nitrogens with zero attached hydrogens (tertiary/aromatic N) is 2. The average molecular weight is 422 g/mol. The fourth-order valence-corrected chi connectivity index (χ4v) is 3.62. The van der Waals surface area contributed by atoms with Crippen molar-refractivity contribution < 1.29 is 5.11 Å². The van der Waals surface area contributed by atoms with Crippen molar-refractivity contribution in [1.82, 2.24) is 9.13 Å². The molecule has 7 heteroatoms. The van der Waals surface area contributed by atoms with Crippen LogP contribution in [0.25, 0.3) is 16.6 Å². The highest BCUT2D eigenvalue weighted by atomic mass is 35.5. The van der Waals surface area contributed by atoms with Crippen LogP contribution in [0.5, 0.6) is 0 Å². The van der Waals surface area contributed by atoms with Crippen molar-refractivity contribution in [2.75, 3.05) is 18.5 Å². The van der Waals surface area contributed by atoms with Crippen LogP contribution in [0.15, 0.2) is 82.4 Å². The normalized spacial score (nSPS) is 11.0. The van der Waals surface area contributed by atoms with Crippen molar-refractivity contribution in [3.63, 3.8) is 0 Å². The molecule has 0 unspecified atom stereocenters. The van der Waals surface area contributed by atoms with Crippen LogP contribution in [-0.2, 0) is 6.54 Å². The summed E-state index contributed by atoms with van der Waals surface area (Å²) in [6.45, 7) is 0.652.